The van der Waals surface area contributed by atoms with Crippen LogP contribution >= 0.6 is 0 Å². The first kappa shape index (κ1) is 18.4. The topological polar surface area (TPSA) is 84.5 Å². The normalized spacial score (nSPS) is 28.4. The van der Waals surface area contributed by atoms with Crippen LogP contribution in [-0.4, -0.2) is 60.0 Å². The van der Waals surface area contributed by atoms with E-state index in [9.17, 15) is 9.59 Å². The molecule has 0 saturated carbocycles. The fraction of sp³-hybridized carbons (Fsp3) is 0.650. The second kappa shape index (κ2) is 7.94. The Morgan fingerprint density at radius 1 is 1.33 bits per heavy atom. The molecule has 1 aromatic rings. The number of carbonyl (C=O) groups excluding carboxylic acids is 1. The molecule has 0 spiro atoms. The highest BCUT2D eigenvalue weighted by Gasteiger charge is 2.50. The molecule has 2 saturated heterocycles. The number of rotatable bonds is 4. The first-order chi connectivity index (χ1) is 13.2. The van der Waals surface area contributed by atoms with Gasteiger partial charge in [-0.3, -0.25) is 9.59 Å². The van der Waals surface area contributed by atoms with Crippen molar-refractivity contribution < 1.29 is 14.3 Å². The molecular formula is C20H27N3O4. The van der Waals surface area contributed by atoms with E-state index < -0.39 is 0 Å². The van der Waals surface area contributed by atoms with Crippen molar-refractivity contribution in [3.05, 3.63) is 39.8 Å². The number of ether oxygens (including phenoxy) is 2. The Kier molecular flexibility index (Phi) is 5.41. The van der Waals surface area contributed by atoms with Crippen LogP contribution in [0.2, 0.25) is 0 Å². The van der Waals surface area contributed by atoms with Gasteiger partial charge in [-0.25, -0.2) is 5.10 Å². The number of nitrogens with one attached hydrogen (secondary N) is 1. The molecule has 0 aliphatic carbocycles. The first-order valence-electron chi connectivity index (χ1n) is 9.88. The van der Waals surface area contributed by atoms with E-state index in [2.05, 4.69) is 21.2 Å². The van der Waals surface area contributed by atoms with Crippen LogP contribution < -0.4 is 5.56 Å². The van der Waals surface area contributed by atoms with Crippen molar-refractivity contribution in [2.24, 2.45) is 5.41 Å². The van der Waals surface area contributed by atoms with E-state index in [1.165, 1.54) is 11.6 Å². The molecule has 4 heterocycles. The van der Waals surface area contributed by atoms with Crippen LogP contribution in [0.1, 0.15) is 37.8 Å². The van der Waals surface area contributed by atoms with Crippen LogP contribution in [0.4, 0.5) is 0 Å². The van der Waals surface area contributed by atoms with Gasteiger partial charge in [0.05, 0.1) is 25.5 Å². The van der Waals surface area contributed by atoms with Crippen LogP contribution in [0, 0.1) is 5.41 Å². The predicted molar refractivity (Wildman–Crippen MR) is 99.3 cm³/mol. The average Bonchev–Trinajstić information content (AvgIpc) is 2.73. The molecule has 3 aliphatic rings. The van der Waals surface area contributed by atoms with Crippen molar-refractivity contribution in [2.75, 3.05) is 33.0 Å². The minimum atomic E-state index is -0.224. The summed E-state index contributed by atoms with van der Waals surface area (Å²) in [6, 6.07) is 3.35. The summed E-state index contributed by atoms with van der Waals surface area (Å²) in [7, 11) is 0. The van der Waals surface area contributed by atoms with E-state index in [0.29, 0.717) is 32.7 Å². The summed E-state index contributed by atoms with van der Waals surface area (Å²) in [5.74, 6) is 0.173. The number of aromatic amines is 1. The standard InChI is InChI=1S/C20H27N3O4/c24-18-4-2-16(21-22-18)3-5-19(25)23-10-1-9-20(14-27-13-8-17(20)23)15-6-11-26-12-7-15/h2,4,6,17H,1,3,5,7-14H2,(H,22,24)/t17-,20-/m0/s1. The number of hydrogen-bond donors (Lipinski definition) is 1. The van der Waals surface area contributed by atoms with Gasteiger partial charge in [0.15, 0.2) is 0 Å². The Labute approximate surface area is 158 Å². The number of hydrogen-bond acceptors (Lipinski definition) is 5. The van der Waals surface area contributed by atoms with Gasteiger partial charge in [-0.2, -0.15) is 5.10 Å². The molecule has 4 rings (SSSR count). The number of piperidine rings is 1. The summed E-state index contributed by atoms with van der Waals surface area (Å²) in [5, 5.41) is 6.44. The van der Waals surface area contributed by atoms with Crippen molar-refractivity contribution in [2.45, 2.75) is 44.6 Å². The Morgan fingerprint density at radius 2 is 2.26 bits per heavy atom. The van der Waals surface area contributed by atoms with Crippen molar-refractivity contribution in [1.29, 1.82) is 0 Å². The lowest BCUT2D eigenvalue weighted by atomic mass is 9.65. The maximum absolute atomic E-state index is 13.1. The molecule has 2 atom stereocenters. The molecule has 1 aromatic heterocycles. The van der Waals surface area contributed by atoms with Crippen molar-refractivity contribution in [1.82, 2.24) is 15.1 Å². The van der Waals surface area contributed by atoms with Gasteiger partial charge in [0.2, 0.25) is 5.91 Å². The molecular weight excluding hydrogens is 346 g/mol. The van der Waals surface area contributed by atoms with Gasteiger partial charge < -0.3 is 14.4 Å². The Hall–Kier alpha value is -1.99. The SMILES string of the molecule is O=C(CCc1ccc(=O)[nH]n1)N1CCC[C@@]2(C3=CCOCC3)COCC[C@H]12. The third kappa shape index (κ3) is 3.71. The lowest BCUT2D eigenvalue weighted by Crippen LogP contribution is -2.59. The zero-order valence-corrected chi connectivity index (χ0v) is 15.6. The van der Waals surface area contributed by atoms with Gasteiger partial charge >= 0.3 is 0 Å². The number of nitrogens with zero attached hydrogens (tertiary/aromatic N) is 2. The third-order valence-corrected chi connectivity index (χ3v) is 6.19. The van der Waals surface area contributed by atoms with E-state index in [-0.39, 0.29) is 22.9 Å². The lowest BCUT2D eigenvalue weighted by molar-refractivity contribution is -0.147. The maximum Gasteiger partial charge on any atom is 0.264 e. The molecule has 1 N–H and O–H groups in total. The molecule has 0 unspecified atom stereocenters. The van der Waals surface area contributed by atoms with Crippen LogP contribution in [0.3, 0.4) is 0 Å². The molecule has 146 valence electrons. The quantitative estimate of drug-likeness (QED) is 0.808. The van der Waals surface area contributed by atoms with Crippen LogP contribution in [0.25, 0.3) is 0 Å². The minimum Gasteiger partial charge on any atom is -0.380 e. The summed E-state index contributed by atoms with van der Waals surface area (Å²) in [4.78, 5) is 26.3. The second-order valence-electron chi connectivity index (χ2n) is 7.67. The number of aryl methyl sites for hydroxylation is 1. The number of carbonyl (C=O) groups is 1. The monoisotopic (exact) mass is 373 g/mol. The number of fused-ring (bicyclic) bond motifs is 1. The van der Waals surface area contributed by atoms with E-state index in [1.807, 2.05) is 0 Å². The molecule has 3 aliphatic heterocycles. The molecule has 2 fully saturated rings. The number of amides is 1. The van der Waals surface area contributed by atoms with Crippen molar-refractivity contribution in [3.8, 4) is 0 Å². The van der Waals surface area contributed by atoms with E-state index in [1.54, 1.807) is 6.07 Å². The fourth-order valence-corrected chi connectivity index (χ4v) is 4.87. The van der Waals surface area contributed by atoms with Crippen molar-refractivity contribution in [3.63, 3.8) is 0 Å². The average molecular weight is 373 g/mol. The summed E-state index contributed by atoms with van der Waals surface area (Å²) >= 11 is 0. The summed E-state index contributed by atoms with van der Waals surface area (Å²) in [6.07, 6.45) is 7.07. The lowest BCUT2D eigenvalue weighted by Gasteiger charge is -2.54. The fourth-order valence-electron chi connectivity index (χ4n) is 4.87. The highest BCUT2D eigenvalue weighted by molar-refractivity contribution is 5.77. The minimum absolute atomic E-state index is 0.0494. The van der Waals surface area contributed by atoms with Gasteiger partial charge in [0, 0.05) is 43.5 Å². The van der Waals surface area contributed by atoms with Crippen LogP contribution in [0.15, 0.2) is 28.6 Å². The molecule has 0 bridgehead atoms. The first-order valence-corrected chi connectivity index (χ1v) is 9.88. The molecule has 7 heteroatoms. The molecule has 0 aromatic carbocycles. The summed E-state index contributed by atoms with van der Waals surface area (Å²) < 4.78 is 11.4. The second-order valence-corrected chi connectivity index (χ2v) is 7.67. The molecule has 1 amide bonds. The molecule has 0 radical (unpaired) electrons. The molecule has 7 nitrogen and oxygen atoms in total. The number of aromatic nitrogens is 2. The number of likely N-dealkylation sites (tertiary alicyclic amines) is 1. The van der Waals surface area contributed by atoms with E-state index >= 15 is 0 Å². The largest absolute Gasteiger partial charge is 0.380 e. The van der Waals surface area contributed by atoms with Gasteiger partial charge in [-0.1, -0.05) is 11.6 Å². The van der Waals surface area contributed by atoms with E-state index in [4.69, 9.17) is 9.47 Å². The highest BCUT2D eigenvalue weighted by Crippen LogP contribution is 2.47. The van der Waals surface area contributed by atoms with Gasteiger partial charge in [0.25, 0.3) is 5.56 Å². The summed E-state index contributed by atoms with van der Waals surface area (Å²) in [5.41, 5.74) is 1.88. The Balaban J connectivity index is 1.50. The summed E-state index contributed by atoms with van der Waals surface area (Å²) in [6.45, 7) is 3.64. The van der Waals surface area contributed by atoms with Crippen molar-refractivity contribution >= 4 is 5.91 Å². The Bertz CT molecular complexity index is 750. The third-order valence-electron chi connectivity index (χ3n) is 6.19. The smallest absolute Gasteiger partial charge is 0.264 e. The maximum atomic E-state index is 13.1. The zero-order valence-electron chi connectivity index (χ0n) is 15.6. The van der Waals surface area contributed by atoms with Gasteiger partial charge in [0.1, 0.15) is 0 Å². The highest BCUT2D eigenvalue weighted by atomic mass is 16.5. The molecule has 27 heavy (non-hydrogen) atoms. The van der Waals surface area contributed by atoms with Crippen LogP contribution in [-0.2, 0) is 20.7 Å². The zero-order chi connectivity index (χ0) is 18.7. The Morgan fingerprint density at radius 3 is 3.04 bits per heavy atom. The van der Waals surface area contributed by atoms with E-state index in [0.717, 1.165) is 44.5 Å². The number of H-pyrrole nitrogens is 1. The predicted octanol–water partition coefficient (Wildman–Crippen LogP) is 1.45. The van der Waals surface area contributed by atoms with Crippen LogP contribution in [0.5, 0.6) is 0 Å². The van der Waals surface area contributed by atoms with Gasteiger partial charge in [-0.15, -0.1) is 0 Å². The van der Waals surface area contributed by atoms with Gasteiger partial charge in [-0.05, 0) is 31.7 Å².